The maximum absolute atomic E-state index is 15.0. The highest BCUT2D eigenvalue weighted by Crippen LogP contribution is 2.39. The van der Waals surface area contributed by atoms with Crippen molar-refractivity contribution >= 4 is 6.29 Å². The molecular weight excluding hydrogens is 487 g/mol. The normalized spacial score (nSPS) is 22.5. The third-order valence-electron chi connectivity index (χ3n) is 8.32. The van der Waals surface area contributed by atoms with E-state index in [0.29, 0.717) is 24.2 Å². The Morgan fingerprint density at radius 3 is 1.95 bits per heavy atom. The molecule has 0 saturated heterocycles. The van der Waals surface area contributed by atoms with Crippen LogP contribution in [0.15, 0.2) is 55.1 Å². The van der Waals surface area contributed by atoms with Gasteiger partial charge in [-0.1, -0.05) is 75.6 Å². The molecule has 0 atom stereocenters. The third-order valence-corrected chi connectivity index (χ3v) is 8.32. The summed E-state index contributed by atoms with van der Waals surface area (Å²) in [6.07, 6.45) is 17.4. The Morgan fingerprint density at radius 1 is 0.897 bits per heavy atom. The summed E-state index contributed by atoms with van der Waals surface area (Å²) in [7, 11) is 1.80. The van der Waals surface area contributed by atoms with Crippen molar-refractivity contribution in [1.29, 1.82) is 0 Å². The lowest BCUT2D eigenvalue weighted by Crippen LogP contribution is -2.19. The Balaban J connectivity index is 0.000000686. The monoisotopic (exact) mass is 538 g/mol. The highest BCUT2D eigenvalue weighted by atomic mass is 19.1. The first-order valence-electron chi connectivity index (χ1n) is 15.1. The average Bonchev–Trinajstić information content (AvgIpc) is 2.98. The average molecular weight is 539 g/mol. The molecule has 0 unspecified atom stereocenters. The maximum Gasteiger partial charge on any atom is 0.142 e. The van der Waals surface area contributed by atoms with Crippen LogP contribution in [0, 0.1) is 11.7 Å². The quantitative estimate of drug-likeness (QED) is 0.196. The van der Waals surface area contributed by atoms with Crippen molar-refractivity contribution in [1.82, 2.24) is 0 Å². The zero-order valence-electron chi connectivity index (χ0n) is 24.5. The largest absolute Gasteiger partial charge is 0.397 e. The number of aliphatic hydroxyl groups is 1. The number of halogens is 1. The summed E-state index contributed by atoms with van der Waals surface area (Å²) in [5, 5.41) is 7.57. The van der Waals surface area contributed by atoms with Crippen molar-refractivity contribution in [3.63, 3.8) is 0 Å². The summed E-state index contributed by atoms with van der Waals surface area (Å²) >= 11 is 0. The molecule has 0 aliphatic heterocycles. The van der Waals surface area contributed by atoms with Crippen LogP contribution < -0.4 is 0 Å². The molecule has 0 radical (unpaired) electrons. The van der Waals surface area contributed by atoms with Crippen molar-refractivity contribution in [3.8, 4) is 11.1 Å². The van der Waals surface area contributed by atoms with Crippen molar-refractivity contribution in [2.24, 2.45) is 5.92 Å². The van der Waals surface area contributed by atoms with E-state index in [4.69, 9.17) is 14.6 Å². The molecule has 0 heterocycles. The topological polar surface area (TPSA) is 46.5 Å². The second-order valence-corrected chi connectivity index (χ2v) is 11.0. The van der Waals surface area contributed by atoms with Crippen LogP contribution in [-0.4, -0.2) is 31.2 Å². The fraction of sp³-hybridized carbons (Fsp3) is 0.571. The fourth-order valence-electron chi connectivity index (χ4n) is 6.05. The predicted octanol–water partition coefficient (Wildman–Crippen LogP) is 9.39. The molecule has 2 fully saturated rings. The first kappa shape index (κ1) is 32.9. The van der Waals surface area contributed by atoms with E-state index in [0.717, 1.165) is 48.3 Å². The van der Waals surface area contributed by atoms with Crippen molar-refractivity contribution < 1.29 is 19.0 Å². The summed E-state index contributed by atoms with van der Waals surface area (Å²) in [6.45, 7) is 7.33. The molecule has 2 aliphatic rings. The first-order valence-corrected chi connectivity index (χ1v) is 15.1. The zero-order chi connectivity index (χ0) is 28.5. The van der Waals surface area contributed by atoms with Gasteiger partial charge in [0, 0.05) is 19.3 Å². The molecule has 4 rings (SSSR count). The van der Waals surface area contributed by atoms with E-state index in [1.807, 2.05) is 6.07 Å². The molecule has 0 aromatic heterocycles. The first-order chi connectivity index (χ1) is 19.0. The van der Waals surface area contributed by atoms with Crippen molar-refractivity contribution in [3.05, 3.63) is 72.1 Å². The number of unbranched alkanes of at least 4 members (excludes halogenated alkanes) is 2. The Morgan fingerprint density at radius 2 is 1.44 bits per heavy atom. The summed E-state index contributed by atoms with van der Waals surface area (Å²) in [5.41, 5.74) is 4.31. The summed E-state index contributed by atoms with van der Waals surface area (Å²) in [6, 6.07) is 14.7. The van der Waals surface area contributed by atoms with Crippen LogP contribution in [0.4, 0.5) is 4.39 Å². The summed E-state index contributed by atoms with van der Waals surface area (Å²) in [4.78, 5) is 9.06. The Kier molecular flexibility index (Phi) is 15.9. The van der Waals surface area contributed by atoms with Gasteiger partial charge >= 0.3 is 0 Å². The third kappa shape index (κ3) is 11.0. The lowest BCUT2D eigenvalue weighted by molar-refractivity contribution is -0.104. The highest BCUT2D eigenvalue weighted by molar-refractivity contribution is 5.65. The van der Waals surface area contributed by atoms with Gasteiger partial charge in [0.15, 0.2) is 0 Å². The Hall–Kier alpha value is -2.30. The number of aldehydes is 1. The van der Waals surface area contributed by atoms with E-state index in [1.165, 1.54) is 63.0 Å². The fourth-order valence-corrected chi connectivity index (χ4v) is 6.05. The minimum absolute atomic E-state index is 0.0864. The van der Waals surface area contributed by atoms with Crippen LogP contribution in [0.25, 0.3) is 11.1 Å². The minimum Gasteiger partial charge on any atom is -0.397 e. The molecule has 2 saturated carbocycles. The van der Waals surface area contributed by atoms with Crippen molar-refractivity contribution in [2.45, 2.75) is 109 Å². The number of hydrogen-bond donors (Lipinski definition) is 1. The standard InChI is InChI=1S/C30H41FO.C3H4O.C2H6O/c1-3-4-5-6-22-7-9-23(10-8-22)24-11-13-26(14-12-24)29-20-17-27(21-30(29)31)25-15-18-28(32-2)19-16-25;1-2-3-4;1-2-3/h11-14,17,20-23,25,28H,3-10,15-16,18-19H2,1-2H3;2-3H,1H2;3H,2H2,1H3. The second-order valence-electron chi connectivity index (χ2n) is 11.0. The summed E-state index contributed by atoms with van der Waals surface area (Å²) in [5.74, 6) is 2.00. The van der Waals surface area contributed by atoms with Gasteiger partial charge in [-0.05, 0) is 105 Å². The van der Waals surface area contributed by atoms with E-state index in [9.17, 15) is 0 Å². The highest BCUT2D eigenvalue weighted by Gasteiger charge is 2.24. The number of allylic oxidation sites excluding steroid dienone is 1. The van der Waals surface area contributed by atoms with Gasteiger partial charge in [-0.2, -0.15) is 0 Å². The van der Waals surface area contributed by atoms with E-state index in [2.05, 4.69) is 43.8 Å². The number of benzene rings is 2. The minimum atomic E-state index is -0.0864. The number of rotatable bonds is 9. The molecule has 0 spiro atoms. The lowest BCUT2D eigenvalue weighted by atomic mass is 9.77. The molecule has 0 bridgehead atoms. The van der Waals surface area contributed by atoms with Gasteiger partial charge in [0.25, 0.3) is 0 Å². The number of hydrogen-bond acceptors (Lipinski definition) is 3. The molecule has 2 aromatic carbocycles. The Labute approximate surface area is 236 Å². The van der Waals surface area contributed by atoms with Gasteiger partial charge in [0.1, 0.15) is 12.1 Å². The molecule has 1 N–H and O–H groups in total. The molecular formula is C35H51FO3. The summed E-state index contributed by atoms with van der Waals surface area (Å²) < 4.78 is 20.5. The van der Waals surface area contributed by atoms with E-state index in [-0.39, 0.29) is 12.4 Å². The van der Waals surface area contributed by atoms with Crippen LogP contribution in [0.3, 0.4) is 0 Å². The van der Waals surface area contributed by atoms with Crippen LogP contribution in [0.2, 0.25) is 0 Å². The smallest absolute Gasteiger partial charge is 0.142 e. The van der Waals surface area contributed by atoms with Crippen molar-refractivity contribution in [2.75, 3.05) is 13.7 Å². The SMILES string of the molecule is C=CC=O.CCCCCC1CCC(c2ccc(-c3ccc(C4CCC(OC)CC4)cc3F)cc2)CC1.CCO. The number of carbonyl (C=O) groups excluding carboxylic acids is 1. The van der Waals surface area contributed by atoms with Gasteiger partial charge in [0.2, 0.25) is 0 Å². The van der Waals surface area contributed by atoms with Crippen LogP contribution in [-0.2, 0) is 9.53 Å². The number of aliphatic hydroxyl groups excluding tert-OH is 1. The van der Waals surface area contributed by atoms with Gasteiger partial charge in [-0.15, -0.1) is 0 Å². The lowest BCUT2D eigenvalue weighted by Gasteiger charge is -2.29. The number of methoxy groups -OCH3 is 1. The zero-order valence-corrected chi connectivity index (χ0v) is 24.5. The van der Waals surface area contributed by atoms with Crippen LogP contribution in [0.1, 0.15) is 114 Å². The maximum atomic E-state index is 15.0. The molecule has 2 aromatic rings. The van der Waals surface area contributed by atoms with Gasteiger partial charge in [-0.25, -0.2) is 4.39 Å². The number of ether oxygens (including phenoxy) is 1. The number of carbonyl (C=O) groups is 1. The van der Waals surface area contributed by atoms with Gasteiger partial charge in [-0.3, -0.25) is 4.79 Å². The van der Waals surface area contributed by atoms with Crippen LogP contribution in [0.5, 0.6) is 0 Å². The van der Waals surface area contributed by atoms with E-state index in [1.54, 1.807) is 20.1 Å². The van der Waals surface area contributed by atoms with E-state index >= 15 is 4.39 Å². The Bertz CT molecular complexity index is 933. The molecule has 3 nitrogen and oxygen atoms in total. The van der Waals surface area contributed by atoms with Crippen LogP contribution >= 0.6 is 0 Å². The molecule has 0 amide bonds. The molecule has 216 valence electrons. The van der Waals surface area contributed by atoms with Gasteiger partial charge in [0.05, 0.1) is 6.10 Å². The van der Waals surface area contributed by atoms with E-state index < -0.39 is 0 Å². The molecule has 2 aliphatic carbocycles. The predicted molar refractivity (Wildman–Crippen MR) is 162 cm³/mol. The molecule has 39 heavy (non-hydrogen) atoms. The molecule has 4 heteroatoms. The van der Waals surface area contributed by atoms with Gasteiger partial charge < -0.3 is 9.84 Å². The second kappa shape index (κ2) is 18.9.